The fraction of sp³-hybridized carbons (Fsp3) is 0.133. The van der Waals surface area contributed by atoms with E-state index >= 15 is 0 Å². The molecule has 0 aliphatic heterocycles. The van der Waals surface area contributed by atoms with Crippen LogP contribution in [0.1, 0.15) is 0 Å². The molecule has 0 fully saturated rings. The van der Waals surface area contributed by atoms with Gasteiger partial charge < -0.3 is 9.47 Å². The molecule has 0 spiro atoms. The predicted molar refractivity (Wildman–Crippen MR) is 159 cm³/mol. The Balaban J connectivity index is 1.01. The average Bonchev–Trinajstić information content (AvgIpc) is 3.71. The zero-order chi connectivity index (χ0) is 30.5. The number of fused-ring (bicyclic) bond motifs is 1. The molecule has 14 nitrogen and oxygen atoms in total. The highest BCUT2D eigenvalue weighted by Crippen LogP contribution is 2.26. The molecule has 0 aliphatic rings. The fourth-order valence-electron chi connectivity index (χ4n) is 4.48. The molecule has 0 N–H and O–H groups in total. The van der Waals surface area contributed by atoms with Crippen LogP contribution < -0.4 is 9.47 Å². The number of nitro groups is 2. The van der Waals surface area contributed by atoms with Gasteiger partial charge in [-0.2, -0.15) is 0 Å². The molecule has 14 heteroatoms. The number of hydrogen-bond acceptors (Lipinski definition) is 10. The van der Waals surface area contributed by atoms with Crippen LogP contribution in [0, 0.1) is 20.2 Å². The standard InChI is InChI=1S/C30H24N8O6/c39-37(40)25-7-1-22(2-8-25)29-19-35(33-31-29)13-15-43-27-11-5-21-6-12-28(18-24(21)17-27)44-16-14-36-20-30(32-34-36)23-3-9-26(10-4-23)38(41)42/h1-12,17-20H,13-16H2. The molecule has 0 bridgehead atoms. The molecule has 4 aromatic carbocycles. The second-order valence-corrected chi connectivity index (χ2v) is 9.71. The van der Waals surface area contributed by atoms with Gasteiger partial charge in [0.05, 0.1) is 35.3 Å². The van der Waals surface area contributed by atoms with Crippen LogP contribution in [0.25, 0.3) is 33.3 Å². The first-order valence-corrected chi connectivity index (χ1v) is 13.5. The summed E-state index contributed by atoms with van der Waals surface area (Å²) in [5, 5.41) is 40.3. The summed E-state index contributed by atoms with van der Waals surface area (Å²) in [5.74, 6) is 1.40. The van der Waals surface area contributed by atoms with E-state index in [1.165, 1.54) is 24.3 Å². The molecule has 6 rings (SSSR count). The van der Waals surface area contributed by atoms with E-state index in [2.05, 4.69) is 20.6 Å². The lowest BCUT2D eigenvalue weighted by molar-refractivity contribution is -0.385. The van der Waals surface area contributed by atoms with E-state index in [-0.39, 0.29) is 11.4 Å². The molecule has 0 unspecified atom stereocenters. The SMILES string of the molecule is O=[N+]([O-])c1ccc(-c2cn(CCOc3ccc4ccc(OCCn5cc(-c6ccc([N+](=O)[O-])cc6)nn5)cc4c3)nn2)cc1. The summed E-state index contributed by atoms with van der Waals surface area (Å²) in [7, 11) is 0. The molecule has 2 heterocycles. The van der Waals surface area contributed by atoms with Crippen molar-refractivity contribution >= 4 is 22.1 Å². The quantitative estimate of drug-likeness (QED) is 0.134. The van der Waals surface area contributed by atoms with Crippen molar-refractivity contribution in [2.75, 3.05) is 13.2 Å². The first-order chi connectivity index (χ1) is 21.4. The molecule has 220 valence electrons. The largest absolute Gasteiger partial charge is 0.492 e. The number of hydrogen-bond donors (Lipinski definition) is 0. The van der Waals surface area contributed by atoms with Crippen molar-refractivity contribution in [2.45, 2.75) is 13.1 Å². The topological polar surface area (TPSA) is 166 Å². The van der Waals surface area contributed by atoms with Gasteiger partial charge in [-0.1, -0.05) is 22.6 Å². The number of nitrogens with zero attached hydrogens (tertiary/aromatic N) is 8. The summed E-state index contributed by atoms with van der Waals surface area (Å²) in [6, 6.07) is 24.0. The van der Waals surface area contributed by atoms with Gasteiger partial charge in [-0.05, 0) is 59.3 Å². The number of non-ortho nitro benzene ring substituents is 2. The Morgan fingerprint density at radius 1 is 0.591 bits per heavy atom. The van der Waals surface area contributed by atoms with Gasteiger partial charge in [0.25, 0.3) is 11.4 Å². The summed E-state index contributed by atoms with van der Waals surface area (Å²) in [6.07, 6.45) is 3.54. The van der Waals surface area contributed by atoms with Crippen LogP contribution in [0.2, 0.25) is 0 Å². The van der Waals surface area contributed by atoms with Gasteiger partial charge in [0, 0.05) is 35.4 Å². The summed E-state index contributed by atoms with van der Waals surface area (Å²) in [5.41, 5.74) is 2.76. The summed E-state index contributed by atoms with van der Waals surface area (Å²) in [6.45, 7) is 1.67. The Hall–Kier alpha value is -6.18. The van der Waals surface area contributed by atoms with Crippen LogP contribution >= 0.6 is 0 Å². The molecule has 0 amide bonds. The summed E-state index contributed by atoms with van der Waals surface area (Å²) < 4.78 is 15.2. The lowest BCUT2D eigenvalue weighted by Crippen LogP contribution is -2.09. The smallest absolute Gasteiger partial charge is 0.269 e. The predicted octanol–water partition coefficient (Wildman–Crippen LogP) is 5.33. The normalized spacial score (nSPS) is 11.0. The van der Waals surface area contributed by atoms with Gasteiger partial charge in [-0.15, -0.1) is 10.2 Å². The Morgan fingerprint density at radius 2 is 1.02 bits per heavy atom. The Labute approximate surface area is 249 Å². The maximum Gasteiger partial charge on any atom is 0.269 e. The molecule has 0 atom stereocenters. The van der Waals surface area contributed by atoms with Crippen LogP contribution in [0.3, 0.4) is 0 Å². The summed E-state index contributed by atoms with van der Waals surface area (Å²) in [4.78, 5) is 20.8. The number of nitro benzene ring substituents is 2. The minimum atomic E-state index is -0.442. The second kappa shape index (κ2) is 12.4. The third-order valence-corrected chi connectivity index (χ3v) is 6.79. The number of benzene rings is 4. The Kier molecular flexibility index (Phi) is 7.86. The van der Waals surface area contributed by atoms with E-state index in [1.54, 1.807) is 46.0 Å². The molecular formula is C30H24N8O6. The number of rotatable bonds is 12. The van der Waals surface area contributed by atoms with Crippen molar-refractivity contribution in [1.82, 2.24) is 30.0 Å². The third kappa shape index (κ3) is 6.49. The van der Waals surface area contributed by atoms with Crippen molar-refractivity contribution in [3.63, 3.8) is 0 Å². The third-order valence-electron chi connectivity index (χ3n) is 6.79. The van der Waals surface area contributed by atoms with Crippen molar-refractivity contribution in [2.24, 2.45) is 0 Å². The van der Waals surface area contributed by atoms with Crippen LogP contribution in [-0.2, 0) is 13.1 Å². The molecular weight excluding hydrogens is 568 g/mol. The van der Waals surface area contributed by atoms with Crippen molar-refractivity contribution < 1.29 is 19.3 Å². The van der Waals surface area contributed by atoms with E-state index in [9.17, 15) is 20.2 Å². The lowest BCUT2D eigenvalue weighted by Gasteiger charge is -2.09. The Morgan fingerprint density at radius 3 is 1.43 bits per heavy atom. The van der Waals surface area contributed by atoms with E-state index in [4.69, 9.17) is 9.47 Å². The minimum absolute atomic E-state index is 0.0206. The maximum atomic E-state index is 10.9. The first kappa shape index (κ1) is 28.0. The van der Waals surface area contributed by atoms with Crippen molar-refractivity contribution in [3.05, 3.63) is 118 Å². The van der Waals surface area contributed by atoms with E-state index in [1.807, 2.05) is 36.4 Å². The van der Waals surface area contributed by atoms with Gasteiger partial charge >= 0.3 is 0 Å². The highest BCUT2D eigenvalue weighted by atomic mass is 16.6. The zero-order valence-corrected chi connectivity index (χ0v) is 23.1. The molecule has 2 aromatic heterocycles. The van der Waals surface area contributed by atoms with Gasteiger partial charge in [-0.3, -0.25) is 20.2 Å². The molecule has 0 saturated carbocycles. The monoisotopic (exact) mass is 592 g/mol. The van der Waals surface area contributed by atoms with Crippen LogP contribution in [0.5, 0.6) is 11.5 Å². The maximum absolute atomic E-state index is 10.9. The van der Waals surface area contributed by atoms with E-state index in [0.717, 1.165) is 21.9 Å². The zero-order valence-electron chi connectivity index (χ0n) is 23.1. The fourth-order valence-corrected chi connectivity index (χ4v) is 4.48. The Bertz CT molecular complexity index is 1800. The number of ether oxygens (including phenoxy) is 2. The van der Waals surface area contributed by atoms with Crippen LogP contribution in [-0.4, -0.2) is 53.0 Å². The molecule has 6 aromatic rings. The van der Waals surface area contributed by atoms with Crippen LogP contribution in [0.4, 0.5) is 11.4 Å². The van der Waals surface area contributed by atoms with Crippen LogP contribution in [0.15, 0.2) is 97.3 Å². The highest BCUT2D eigenvalue weighted by molar-refractivity contribution is 5.85. The number of aromatic nitrogens is 6. The lowest BCUT2D eigenvalue weighted by atomic mass is 10.1. The van der Waals surface area contributed by atoms with Crippen molar-refractivity contribution in [1.29, 1.82) is 0 Å². The van der Waals surface area contributed by atoms with Crippen molar-refractivity contribution in [3.8, 4) is 34.0 Å². The summed E-state index contributed by atoms with van der Waals surface area (Å²) >= 11 is 0. The molecule has 0 radical (unpaired) electrons. The minimum Gasteiger partial charge on any atom is -0.492 e. The average molecular weight is 593 g/mol. The van der Waals surface area contributed by atoms with Gasteiger partial charge in [-0.25, -0.2) is 9.36 Å². The van der Waals surface area contributed by atoms with E-state index in [0.29, 0.717) is 49.2 Å². The van der Waals surface area contributed by atoms with Gasteiger partial charge in [0.1, 0.15) is 36.1 Å². The first-order valence-electron chi connectivity index (χ1n) is 13.5. The van der Waals surface area contributed by atoms with Gasteiger partial charge in [0.2, 0.25) is 0 Å². The molecule has 44 heavy (non-hydrogen) atoms. The highest BCUT2D eigenvalue weighted by Gasteiger charge is 2.10. The molecule has 0 saturated heterocycles. The van der Waals surface area contributed by atoms with Gasteiger partial charge in [0.15, 0.2) is 0 Å². The van der Waals surface area contributed by atoms with E-state index < -0.39 is 9.85 Å². The second-order valence-electron chi connectivity index (χ2n) is 9.71. The molecule has 0 aliphatic carbocycles.